The van der Waals surface area contributed by atoms with Crippen molar-refractivity contribution in [1.29, 1.82) is 0 Å². The van der Waals surface area contributed by atoms with Crippen LogP contribution in [0, 0.1) is 0 Å². The second-order valence-electron chi connectivity index (χ2n) is 5.43. The van der Waals surface area contributed by atoms with Crippen molar-refractivity contribution in [2.24, 2.45) is 10.2 Å². The lowest BCUT2D eigenvalue weighted by Gasteiger charge is -2.32. The van der Waals surface area contributed by atoms with Gasteiger partial charge in [-0.25, -0.2) is 0 Å². The first kappa shape index (κ1) is 16.0. The zero-order valence-electron chi connectivity index (χ0n) is 13.2. The fraction of sp³-hybridized carbons (Fsp3) is 0.158. The number of hydrogen-bond donors (Lipinski definition) is 2. The first-order chi connectivity index (χ1) is 11.7. The van der Waals surface area contributed by atoms with Gasteiger partial charge in [-0.1, -0.05) is 42.5 Å². The second kappa shape index (κ2) is 6.68. The zero-order chi connectivity index (χ0) is 17.0. The monoisotopic (exact) mass is 322 g/mol. The molecule has 0 heterocycles. The fourth-order valence-corrected chi connectivity index (χ4v) is 2.60. The third kappa shape index (κ3) is 2.94. The van der Waals surface area contributed by atoms with Gasteiger partial charge in [0.15, 0.2) is 5.54 Å². The minimum absolute atomic E-state index is 0.0289. The van der Waals surface area contributed by atoms with E-state index in [-0.39, 0.29) is 5.75 Å². The largest absolute Gasteiger partial charge is 0.506 e. The van der Waals surface area contributed by atoms with Gasteiger partial charge in [-0.15, -0.1) is 0 Å². The summed E-state index contributed by atoms with van der Waals surface area (Å²) >= 11 is 0. The Morgan fingerprint density at radius 3 is 2.46 bits per heavy atom. The van der Waals surface area contributed by atoms with Crippen LogP contribution in [0.25, 0.3) is 0 Å². The summed E-state index contributed by atoms with van der Waals surface area (Å²) < 4.78 is 5.30. The fourth-order valence-electron chi connectivity index (χ4n) is 2.60. The van der Waals surface area contributed by atoms with Crippen LogP contribution >= 0.6 is 0 Å². The number of para-hydroxylation sites is 1. The Hall–Kier alpha value is -2.92. The molecule has 2 aromatic rings. The van der Waals surface area contributed by atoms with Crippen molar-refractivity contribution in [2.45, 2.75) is 11.6 Å². The molecule has 0 amide bonds. The normalized spacial score (nSPS) is 23.2. The molecule has 0 saturated heterocycles. The highest BCUT2D eigenvalue weighted by Gasteiger charge is 2.39. The van der Waals surface area contributed by atoms with E-state index in [2.05, 4.69) is 10.2 Å². The van der Waals surface area contributed by atoms with Crippen molar-refractivity contribution in [3.8, 4) is 5.75 Å². The Kier molecular flexibility index (Phi) is 4.44. The van der Waals surface area contributed by atoms with Gasteiger partial charge in [0.25, 0.3) is 0 Å². The number of phenolic OH excluding ortho intramolecular Hbond substituents is 1. The lowest BCUT2D eigenvalue weighted by atomic mass is 9.82. The molecule has 2 atom stereocenters. The summed E-state index contributed by atoms with van der Waals surface area (Å²) in [4.78, 5) is 0. The molecular formula is C19H18N2O3. The Morgan fingerprint density at radius 2 is 1.75 bits per heavy atom. The van der Waals surface area contributed by atoms with E-state index >= 15 is 0 Å². The molecule has 5 heteroatoms. The summed E-state index contributed by atoms with van der Waals surface area (Å²) in [5.41, 5.74) is -0.0126. The molecule has 0 aromatic heterocycles. The standard InChI is InChI=1S/C19H18N2O3/c1-24-15-11-12-18(23)19(13-15,14-7-3-2-4-8-14)21-20-16-9-5-6-10-17(16)22/h2-13,18,22-23H,1H3. The molecule has 122 valence electrons. The molecule has 3 rings (SSSR count). The summed E-state index contributed by atoms with van der Waals surface area (Å²) in [6.07, 6.45) is 4.14. The molecular weight excluding hydrogens is 304 g/mol. The molecule has 0 bridgehead atoms. The molecule has 5 nitrogen and oxygen atoms in total. The molecule has 1 aliphatic rings. The minimum Gasteiger partial charge on any atom is -0.506 e. The number of aliphatic hydroxyl groups excluding tert-OH is 1. The topological polar surface area (TPSA) is 74.4 Å². The van der Waals surface area contributed by atoms with E-state index < -0.39 is 11.6 Å². The maximum absolute atomic E-state index is 10.6. The highest BCUT2D eigenvalue weighted by atomic mass is 16.5. The molecule has 0 radical (unpaired) electrons. The number of phenols is 1. The van der Waals surface area contributed by atoms with Crippen LogP contribution < -0.4 is 0 Å². The van der Waals surface area contributed by atoms with E-state index in [1.807, 2.05) is 30.3 Å². The van der Waals surface area contributed by atoms with Gasteiger partial charge in [0.05, 0.1) is 7.11 Å². The van der Waals surface area contributed by atoms with Gasteiger partial charge in [-0.2, -0.15) is 10.2 Å². The van der Waals surface area contributed by atoms with Gasteiger partial charge in [0, 0.05) is 0 Å². The zero-order valence-corrected chi connectivity index (χ0v) is 13.2. The predicted octanol–water partition coefficient (Wildman–Crippen LogP) is 3.83. The van der Waals surface area contributed by atoms with E-state index in [4.69, 9.17) is 4.74 Å². The van der Waals surface area contributed by atoms with Crippen LogP contribution in [-0.4, -0.2) is 23.4 Å². The quantitative estimate of drug-likeness (QED) is 0.840. The Bertz CT molecular complexity index is 799. The van der Waals surface area contributed by atoms with Crippen molar-refractivity contribution in [2.75, 3.05) is 7.11 Å². The molecule has 1 aliphatic carbocycles. The van der Waals surface area contributed by atoms with Crippen LogP contribution in [0.2, 0.25) is 0 Å². The molecule has 0 saturated carbocycles. The van der Waals surface area contributed by atoms with Crippen molar-refractivity contribution >= 4 is 5.69 Å². The van der Waals surface area contributed by atoms with Gasteiger partial charge in [0.2, 0.25) is 0 Å². The number of methoxy groups -OCH3 is 1. The van der Waals surface area contributed by atoms with Crippen molar-refractivity contribution in [1.82, 2.24) is 0 Å². The van der Waals surface area contributed by atoms with E-state index in [0.29, 0.717) is 11.4 Å². The average molecular weight is 322 g/mol. The lowest BCUT2D eigenvalue weighted by Crippen LogP contribution is -2.36. The first-order valence-corrected chi connectivity index (χ1v) is 7.55. The van der Waals surface area contributed by atoms with Crippen LogP contribution in [0.5, 0.6) is 5.75 Å². The molecule has 0 fully saturated rings. The van der Waals surface area contributed by atoms with Crippen molar-refractivity contribution < 1.29 is 14.9 Å². The molecule has 2 aromatic carbocycles. The third-order valence-corrected chi connectivity index (χ3v) is 3.93. The van der Waals surface area contributed by atoms with Crippen LogP contribution in [0.3, 0.4) is 0 Å². The Labute approximate surface area is 140 Å². The number of hydrogen-bond acceptors (Lipinski definition) is 5. The maximum Gasteiger partial charge on any atom is 0.158 e. The van der Waals surface area contributed by atoms with E-state index in [9.17, 15) is 10.2 Å². The molecule has 2 N–H and O–H groups in total. The molecule has 0 aliphatic heterocycles. The number of benzene rings is 2. The highest BCUT2D eigenvalue weighted by molar-refractivity contribution is 5.50. The number of aliphatic hydroxyl groups is 1. The number of rotatable bonds is 4. The van der Waals surface area contributed by atoms with Gasteiger partial charge >= 0.3 is 0 Å². The van der Waals surface area contributed by atoms with Crippen molar-refractivity contribution in [3.63, 3.8) is 0 Å². The summed E-state index contributed by atoms with van der Waals surface area (Å²) in [6.45, 7) is 0. The third-order valence-electron chi connectivity index (χ3n) is 3.93. The molecule has 2 unspecified atom stereocenters. The van der Waals surface area contributed by atoms with Gasteiger partial charge in [-0.3, -0.25) is 0 Å². The van der Waals surface area contributed by atoms with Gasteiger partial charge in [-0.05, 0) is 35.9 Å². The lowest BCUT2D eigenvalue weighted by molar-refractivity contribution is 0.142. The number of azo groups is 1. The molecule has 0 spiro atoms. The SMILES string of the molecule is COC1=CC(N=Nc2ccccc2O)(c2ccccc2)C(O)C=C1. The summed E-state index contributed by atoms with van der Waals surface area (Å²) in [5.74, 6) is 0.613. The summed E-state index contributed by atoms with van der Waals surface area (Å²) in [5, 5.41) is 29.1. The van der Waals surface area contributed by atoms with E-state index in [1.165, 1.54) is 6.07 Å². The average Bonchev–Trinajstić information content (AvgIpc) is 2.63. The minimum atomic E-state index is -1.12. The number of allylic oxidation sites excluding steroid dienone is 1. The summed E-state index contributed by atoms with van der Waals surface area (Å²) in [7, 11) is 1.56. The van der Waals surface area contributed by atoms with Crippen LogP contribution in [0.15, 0.2) is 88.8 Å². The van der Waals surface area contributed by atoms with Crippen LogP contribution in [0.4, 0.5) is 5.69 Å². The smallest absolute Gasteiger partial charge is 0.158 e. The van der Waals surface area contributed by atoms with E-state index in [1.54, 1.807) is 43.5 Å². The molecule has 24 heavy (non-hydrogen) atoms. The van der Waals surface area contributed by atoms with Crippen LogP contribution in [-0.2, 0) is 10.3 Å². The summed E-state index contributed by atoms with van der Waals surface area (Å²) in [6, 6.07) is 16.0. The first-order valence-electron chi connectivity index (χ1n) is 7.55. The van der Waals surface area contributed by atoms with Gasteiger partial charge < -0.3 is 14.9 Å². The number of nitrogens with zero attached hydrogens (tertiary/aromatic N) is 2. The van der Waals surface area contributed by atoms with Gasteiger partial charge in [0.1, 0.15) is 23.3 Å². The van der Waals surface area contributed by atoms with Crippen LogP contribution in [0.1, 0.15) is 5.56 Å². The number of ether oxygens (including phenoxy) is 1. The second-order valence-corrected chi connectivity index (χ2v) is 5.43. The number of aromatic hydroxyl groups is 1. The maximum atomic E-state index is 10.6. The Morgan fingerprint density at radius 1 is 1.04 bits per heavy atom. The highest BCUT2D eigenvalue weighted by Crippen LogP contribution is 2.38. The van der Waals surface area contributed by atoms with E-state index in [0.717, 1.165) is 5.56 Å². The Balaban J connectivity index is 2.12. The van der Waals surface area contributed by atoms with Crippen molar-refractivity contribution in [3.05, 3.63) is 84.1 Å². The predicted molar refractivity (Wildman–Crippen MR) is 91.0 cm³/mol.